The molecule has 0 spiro atoms. The van der Waals surface area contributed by atoms with Crippen LogP contribution < -0.4 is 20.6 Å². The van der Waals surface area contributed by atoms with Crippen molar-refractivity contribution in [2.24, 2.45) is 10.8 Å². The number of benzene rings is 2. The first kappa shape index (κ1) is 18.7. The van der Waals surface area contributed by atoms with E-state index in [2.05, 4.69) is 48.7 Å². The zero-order valence-corrected chi connectivity index (χ0v) is 15.3. The lowest BCUT2D eigenvalue weighted by Crippen LogP contribution is -2.23. The molecule has 2 aromatic rings. The Morgan fingerprint density at radius 3 is 2.64 bits per heavy atom. The van der Waals surface area contributed by atoms with E-state index in [0.717, 1.165) is 23.5 Å². The van der Waals surface area contributed by atoms with Crippen LogP contribution in [0.2, 0.25) is 0 Å². The maximum absolute atomic E-state index is 5.78. The van der Waals surface area contributed by atoms with Crippen molar-refractivity contribution < 1.29 is 9.47 Å². The van der Waals surface area contributed by atoms with Gasteiger partial charge in [-0.2, -0.15) is 5.10 Å². The van der Waals surface area contributed by atoms with E-state index >= 15 is 0 Å². The third kappa shape index (κ3) is 6.81. The van der Waals surface area contributed by atoms with Gasteiger partial charge in [0.15, 0.2) is 5.11 Å². The summed E-state index contributed by atoms with van der Waals surface area (Å²) in [6.07, 6.45) is 2.62. The standard InChI is InChI=1S/C19H23N3O2S/c1-3-15-9-14(2)10-18(11-15)24-8-7-23-17-6-4-5-16(12-17)13-21-22-19(20)25/h4-6,9-13H,3,7-8H2,1-2H3,(H3,20,22,25)/b21-13+. The van der Waals surface area contributed by atoms with Crippen molar-refractivity contribution in [3.63, 3.8) is 0 Å². The second-order valence-corrected chi connectivity index (χ2v) is 5.95. The highest BCUT2D eigenvalue weighted by molar-refractivity contribution is 7.80. The Hall–Kier alpha value is -2.60. The van der Waals surface area contributed by atoms with E-state index in [1.165, 1.54) is 11.1 Å². The molecule has 132 valence electrons. The zero-order chi connectivity index (χ0) is 18.1. The maximum atomic E-state index is 5.78. The van der Waals surface area contributed by atoms with Crippen molar-refractivity contribution in [2.75, 3.05) is 13.2 Å². The van der Waals surface area contributed by atoms with Crippen molar-refractivity contribution in [1.29, 1.82) is 0 Å². The normalized spacial score (nSPS) is 10.6. The van der Waals surface area contributed by atoms with Crippen LogP contribution in [0.5, 0.6) is 11.5 Å². The number of thiocarbonyl (C=S) groups is 1. The molecular formula is C19H23N3O2S. The minimum Gasteiger partial charge on any atom is -0.490 e. The molecule has 0 bridgehead atoms. The highest BCUT2D eigenvalue weighted by Crippen LogP contribution is 2.17. The molecule has 2 rings (SSSR count). The molecule has 0 aliphatic carbocycles. The molecule has 0 radical (unpaired) electrons. The van der Waals surface area contributed by atoms with Crippen LogP contribution in [0.1, 0.15) is 23.6 Å². The molecule has 2 aromatic carbocycles. The lowest BCUT2D eigenvalue weighted by Gasteiger charge is -2.10. The molecule has 0 heterocycles. The van der Waals surface area contributed by atoms with Crippen molar-refractivity contribution in [1.82, 2.24) is 5.43 Å². The Labute approximate surface area is 153 Å². The largest absolute Gasteiger partial charge is 0.490 e. The number of ether oxygens (including phenoxy) is 2. The topological polar surface area (TPSA) is 68.9 Å². The number of hydrogen-bond donors (Lipinski definition) is 2. The highest BCUT2D eigenvalue weighted by atomic mass is 32.1. The van der Waals surface area contributed by atoms with Crippen LogP contribution in [0.25, 0.3) is 0 Å². The van der Waals surface area contributed by atoms with Gasteiger partial charge in [-0.3, -0.25) is 5.43 Å². The van der Waals surface area contributed by atoms with Gasteiger partial charge in [-0.25, -0.2) is 0 Å². The fourth-order valence-corrected chi connectivity index (χ4v) is 2.34. The highest BCUT2D eigenvalue weighted by Gasteiger charge is 2.00. The zero-order valence-electron chi connectivity index (χ0n) is 14.5. The average molecular weight is 357 g/mol. The summed E-state index contributed by atoms with van der Waals surface area (Å²) in [6.45, 7) is 5.14. The summed E-state index contributed by atoms with van der Waals surface area (Å²) in [6, 6.07) is 13.8. The van der Waals surface area contributed by atoms with E-state index in [4.69, 9.17) is 15.2 Å². The lowest BCUT2D eigenvalue weighted by atomic mass is 10.1. The molecular weight excluding hydrogens is 334 g/mol. The van der Waals surface area contributed by atoms with E-state index < -0.39 is 0 Å². The Kier molecular flexibility index (Phi) is 7.22. The molecule has 0 aromatic heterocycles. The summed E-state index contributed by atoms with van der Waals surface area (Å²) in [5.74, 6) is 1.63. The second kappa shape index (κ2) is 9.64. The third-order valence-electron chi connectivity index (χ3n) is 3.39. The van der Waals surface area contributed by atoms with Crippen molar-refractivity contribution in [3.05, 3.63) is 59.2 Å². The van der Waals surface area contributed by atoms with Gasteiger partial charge in [0.1, 0.15) is 24.7 Å². The first-order valence-electron chi connectivity index (χ1n) is 8.11. The summed E-state index contributed by atoms with van der Waals surface area (Å²) >= 11 is 4.69. The Morgan fingerprint density at radius 1 is 1.16 bits per heavy atom. The molecule has 0 unspecified atom stereocenters. The molecule has 5 nitrogen and oxygen atoms in total. The predicted molar refractivity (Wildman–Crippen MR) is 106 cm³/mol. The van der Waals surface area contributed by atoms with Crippen molar-refractivity contribution in [3.8, 4) is 11.5 Å². The molecule has 0 amide bonds. The molecule has 0 atom stereocenters. The van der Waals surface area contributed by atoms with Crippen LogP contribution in [0, 0.1) is 6.92 Å². The first-order valence-corrected chi connectivity index (χ1v) is 8.52. The SMILES string of the molecule is CCc1cc(C)cc(OCCOc2cccc(/C=N/NC(N)=S)c2)c1. The van der Waals surface area contributed by atoms with Crippen LogP contribution in [0.15, 0.2) is 47.6 Å². The number of hydrazone groups is 1. The minimum atomic E-state index is 0.128. The molecule has 25 heavy (non-hydrogen) atoms. The Morgan fingerprint density at radius 2 is 1.92 bits per heavy atom. The number of nitrogens with zero attached hydrogens (tertiary/aromatic N) is 1. The smallest absolute Gasteiger partial charge is 0.184 e. The Balaban J connectivity index is 1.82. The number of aryl methyl sites for hydroxylation is 2. The third-order valence-corrected chi connectivity index (χ3v) is 3.48. The van der Waals surface area contributed by atoms with E-state index in [0.29, 0.717) is 13.2 Å². The molecule has 0 fully saturated rings. The van der Waals surface area contributed by atoms with Gasteiger partial charge in [0.05, 0.1) is 6.21 Å². The van der Waals surface area contributed by atoms with Crippen LogP contribution >= 0.6 is 12.2 Å². The average Bonchev–Trinajstić information content (AvgIpc) is 2.58. The van der Waals surface area contributed by atoms with Gasteiger partial charge in [-0.1, -0.05) is 25.1 Å². The van der Waals surface area contributed by atoms with Gasteiger partial charge in [-0.05, 0) is 66.5 Å². The monoisotopic (exact) mass is 357 g/mol. The van der Waals surface area contributed by atoms with Crippen molar-refractivity contribution in [2.45, 2.75) is 20.3 Å². The summed E-state index contributed by atoms with van der Waals surface area (Å²) in [4.78, 5) is 0. The predicted octanol–water partition coefficient (Wildman–Crippen LogP) is 3.18. The molecule has 3 N–H and O–H groups in total. The lowest BCUT2D eigenvalue weighted by molar-refractivity contribution is 0.217. The van der Waals surface area contributed by atoms with Gasteiger partial charge < -0.3 is 15.2 Å². The van der Waals surface area contributed by atoms with E-state index in [9.17, 15) is 0 Å². The summed E-state index contributed by atoms with van der Waals surface area (Å²) in [7, 11) is 0. The fraction of sp³-hybridized carbons (Fsp3) is 0.263. The molecule has 0 aliphatic heterocycles. The summed E-state index contributed by atoms with van der Waals surface area (Å²) in [5.41, 5.74) is 11.2. The van der Waals surface area contributed by atoms with Crippen LogP contribution in [0.3, 0.4) is 0 Å². The molecule has 0 saturated carbocycles. The van der Waals surface area contributed by atoms with Gasteiger partial charge >= 0.3 is 0 Å². The van der Waals surface area contributed by atoms with Crippen LogP contribution in [0.4, 0.5) is 0 Å². The quantitative estimate of drug-likeness (QED) is 0.329. The number of nitrogens with one attached hydrogen (secondary N) is 1. The first-order chi connectivity index (χ1) is 12.1. The number of hydrogen-bond acceptors (Lipinski definition) is 4. The van der Waals surface area contributed by atoms with Gasteiger partial charge in [-0.15, -0.1) is 0 Å². The van der Waals surface area contributed by atoms with Gasteiger partial charge in [0.25, 0.3) is 0 Å². The van der Waals surface area contributed by atoms with Gasteiger partial charge in [0, 0.05) is 0 Å². The van der Waals surface area contributed by atoms with E-state index in [1.807, 2.05) is 30.3 Å². The molecule has 0 aliphatic rings. The molecule has 6 heteroatoms. The maximum Gasteiger partial charge on any atom is 0.184 e. The number of nitrogens with two attached hydrogens (primary N) is 1. The van der Waals surface area contributed by atoms with E-state index in [1.54, 1.807) is 6.21 Å². The fourth-order valence-electron chi connectivity index (χ4n) is 2.29. The van der Waals surface area contributed by atoms with Crippen molar-refractivity contribution >= 4 is 23.5 Å². The molecule has 0 saturated heterocycles. The summed E-state index contributed by atoms with van der Waals surface area (Å²) in [5, 5.41) is 4.05. The minimum absolute atomic E-state index is 0.128. The van der Waals surface area contributed by atoms with E-state index in [-0.39, 0.29) is 5.11 Å². The second-order valence-electron chi connectivity index (χ2n) is 5.51. The Bertz CT molecular complexity index is 747. The van der Waals surface area contributed by atoms with Crippen LogP contribution in [-0.2, 0) is 6.42 Å². The van der Waals surface area contributed by atoms with Crippen LogP contribution in [-0.4, -0.2) is 24.5 Å². The van der Waals surface area contributed by atoms with Gasteiger partial charge in [0.2, 0.25) is 0 Å². The summed E-state index contributed by atoms with van der Waals surface area (Å²) < 4.78 is 11.5. The number of rotatable bonds is 8.